The van der Waals surface area contributed by atoms with Gasteiger partial charge in [-0.15, -0.1) is 11.3 Å². The fraction of sp³-hybridized carbons (Fsp3) is 0.267. The first-order chi connectivity index (χ1) is 11.6. The molecule has 2 rings (SSSR count). The maximum Gasteiger partial charge on any atom is 0.311 e. The Hall–Kier alpha value is -2.32. The molecule has 0 atom stereocenters. The molecule has 0 fully saturated rings. The molecule has 1 aromatic heterocycles. The third kappa shape index (κ3) is 4.36. The van der Waals surface area contributed by atoms with Crippen LogP contribution in [0.25, 0.3) is 0 Å². The molecule has 128 valence electrons. The number of methoxy groups -OCH3 is 3. The number of nitrogens with one attached hydrogen (secondary N) is 1. The van der Waals surface area contributed by atoms with Crippen LogP contribution in [0.3, 0.4) is 0 Å². The topological polar surface area (TPSA) is 82.0 Å². The minimum Gasteiger partial charge on any atom is -0.493 e. The number of anilines is 1. The van der Waals surface area contributed by atoms with Gasteiger partial charge in [-0.05, 0) is 12.1 Å². The Kier molecular flexibility index (Phi) is 6.39. The van der Waals surface area contributed by atoms with Gasteiger partial charge in [0.25, 0.3) is 0 Å². The lowest BCUT2D eigenvalue weighted by atomic mass is 10.2. The lowest BCUT2D eigenvalue weighted by molar-refractivity contribution is -0.139. The van der Waals surface area contributed by atoms with Gasteiger partial charge in [-0.3, -0.25) is 10.2 Å². The number of thiazole rings is 1. The molecule has 1 aromatic carbocycles. The van der Waals surface area contributed by atoms with E-state index in [9.17, 15) is 4.79 Å². The van der Waals surface area contributed by atoms with Crippen molar-refractivity contribution in [3.63, 3.8) is 0 Å². The average Bonchev–Trinajstić information content (AvgIpc) is 3.03. The number of rotatable bonds is 7. The normalized spacial score (nSPS) is 10.7. The van der Waals surface area contributed by atoms with E-state index in [1.165, 1.54) is 32.7 Å². The van der Waals surface area contributed by atoms with Gasteiger partial charge in [-0.2, -0.15) is 5.10 Å². The molecule has 0 unspecified atom stereocenters. The van der Waals surface area contributed by atoms with Gasteiger partial charge in [0.15, 0.2) is 11.5 Å². The average molecular weight is 370 g/mol. The first kappa shape index (κ1) is 18.0. The minimum atomic E-state index is -0.340. The summed E-state index contributed by atoms with van der Waals surface area (Å²) in [6, 6.07) is 3.50. The van der Waals surface area contributed by atoms with Crippen molar-refractivity contribution in [2.75, 3.05) is 26.8 Å². The van der Waals surface area contributed by atoms with Crippen LogP contribution in [0.1, 0.15) is 11.3 Å². The highest BCUT2D eigenvalue weighted by atomic mass is 35.5. The third-order valence-electron chi connectivity index (χ3n) is 2.98. The first-order valence-electron chi connectivity index (χ1n) is 6.79. The highest BCUT2D eigenvalue weighted by molar-refractivity contribution is 7.13. The fourth-order valence-electron chi connectivity index (χ4n) is 1.82. The number of hydrogen-bond donors (Lipinski definition) is 1. The maximum absolute atomic E-state index is 11.2. The van der Waals surface area contributed by atoms with Crippen molar-refractivity contribution in [1.82, 2.24) is 4.98 Å². The number of carbonyl (C=O) groups excluding carboxylic acids is 1. The standard InChI is InChI=1S/C15H16ClN3O4S/c1-21-11-5-4-9(13(16)14(11)23-3)7-17-19-15-18-10(8-24-15)6-12(20)22-2/h4-5,7-8H,6H2,1-3H3,(H,18,19)/b17-7-. The molecule has 0 aliphatic heterocycles. The molecule has 0 bridgehead atoms. The van der Waals surface area contributed by atoms with Crippen molar-refractivity contribution in [2.45, 2.75) is 6.42 Å². The van der Waals surface area contributed by atoms with Crippen LogP contribution in [0.5, 0.6) is 11.5 Å². The molecule has 0 spiro atoms. The van der Waals surface area contributed by atoms with Crippen molar-refractivity contribution in [1.29, 1.82) is 0 Å². The first-order valence-corrected chi connectivity index (χ1v) is 8.05. The van der Waals surface area contributed by atoms with Crippen molar-refractivity contribution in [3.05, 3.63) is 33.8 Å². The number of benzene rings is 1. The Balaban J connectivity index is 2.05. The lowest BCUT2D eigenvalue weighted by Gasteiger charge is -2.10. The van der Waals surface area contributed by atoms with Gasteiger partial charge in [0.1, 0.15) is 0 Å². The molecule has 0 radical (unpaired) electrons. The molecule has 2 aromatic rings. The van der Waals surface area contributed by atoms with E-state index in [-0.39, 0.29) is 12.4 Å². The van der Waals surface area contributed by atoms with Crippen LogP contribution in [0.2, 0.25) is 5.02 Å². The number of hydrogen-bond acceptors (Lipinski definition) is 8. The van der Waals surface area contributed by atoms with Crippen LogP contribution in [0, 0.1) is 0 Å². The van der Waals surface area contributed by atoms with E-state index >= 15 is 0 Å². The number of halogens is 1. The summed E-state index contributed by atoms with van der Waals surface area (Å²) in [4.78, 5) is 15.4. The van der Waals surface area contributed by atoms with Crippen LogP contribution >= 0.6 is 22.9 Å². The highest BCUT2D eigenvalue weighted by Gasteiger charge is 2.12. The van der Waals surface area contributed by atoms with Gasteiger partial charge >= 0.3 is 5.97 Å². The number of nitrogens with zero attached hydrogens (tertiary/aromatic N) is 2. The van der Waals surface area contributed by atoms with Crippen molar-refractivity contribution < 1.29 is 19.0 Å². The van der Waals surface area contributed by atoms with Gasteiger partial charge < -0.3 is 14.2 Å². The molecule has 9 heteroatoms. The van der Waals surface area contributed by atoms with E-state index in [0.29, 0.717) is 32.9 Å². The van der Waals surface area contributed by atoms with Crippen LogP contribution in [0.15, 0.2) is 22.6 Å². The molecule has 7 nitrogen and oxygen atoms in total. The summed E-state index contributed by atoms with van der Waals surface area (Å²) in [5.74, 6) is 0.644. The molecule has 1 N–H and O–H groups in total. The maximum atomic E-state index is 11.2. The number of hydrazone groups is 1. The molecule has 0 aliphatic rings. The van der Waals surface area contributed by atoms with E-state index in [2.05, 4.69) is 20.2 Å². The third-order valence-corrected chi connectivity index (χ3v) is 4.17. The van der Waals surface area contributed by atoms with Gasteiger partial charge in [0, 0.05) is 10.9 Å². The van der Waals surface area contributed by atoms with E-state index < -0.39 is 0 Å². The van der Waals surface area contributed by atoms with Crippen LogP contribution in [0.4, 0.5) is 5.13 Å². The quantitative estimate of drug-likeness (QED) is 0.459. The molecular formula is C15H16ClN3O4S. The Morgan fingerprint density at radius 3 is 2.83 bits per heavy atom. The van der Waals surface area contributed by atoms with Crippen LogP contribution < -0.4 is 14.9 Å². The Bertz CT molecular complexity index is 748. The van der Waals surface area contributed by atoms with E-state index in [1.54, 1.807) is 23.7 Å². The summed E-state index contributed by atoms with van der Waals surface area (Å²) in [5, 5.41) is 6.81. The van der Waals surface area contributed by atoms with Crippen LogP contribution in [-0.2, 0) is 16.0 Å². The predicted molar refractivity (Wildman–Crippen MR) is 93.6 cm³/mol. The number of carbonyl (C=O) groups is 1. The summed E-state index contributed by atoms with van der Waals surface area (Å²) in [7, 11) is 4.39. The molecular weight excluding hydrogens is 354 g/mol. The summed E-state index contributed by atoms with van der Waals surface area (Å²) in [5.41, 5.74) is 4.07. The molecule has 24 heavy (non-hydrogen) atoms. The molecule has 0 aliphatic carbocycles. The van der Waals surface area contributed by atoms with Crippen molar-refractivity contribution in [2.24, 2.45) is 5.10 Å². The van der Waals surface area contributed by atoms with Crippen LogP contribution in [-0.4, -0.2) is 38.5 Å². The largest absolute Gasteiger partial charge is 0.493 e. The Morgan fingerprint density at radius 1 is 1.38 bits per heavy atom. The summed E-state index contributed by atoms with van der Waals surface area (Å²) >= 11 is 7.60. The number of aromatic nitrogens is 1. The summed E-state index contributed by atoms with van der Waals surface area (Å²) in [6.45, 7) is 0. The lowest BCUT2D eigenvalue weighted by Crippen LogP contribution is -2.04. The van der Waals surface area contributed by atoms with Crippen molar-refractivity contribution in [3.8, 4) is 11.5 Å². The van der Waals surface area contributed by atoms with E-state index in [1.807, 2.05) is 0 Å². The van der Waals surface area contributed by atoms with Gasteiger partial charge in [-0.25, -0.2) is 4.98 Å². The van der Waals surface area contributed by atoms with Gasteiger partial charge in [-0.1, -0.05) is 11.6 Å². The predicted octanol–water partition coefficient (Wildman–Crippen LogP) is 2.98. The molecule has 0 saturated heterocycles. The summed E-state index contributed by atoms with van der Waals surface area (Å²) < 4.78 is 15.0. The second kappa shape index (κ2) is 8.51. The van der Waals surface area contributed by atoms with Gasteiger partial charge in [0.05, 0.1) is 44.7 Å². The zero-order valence-electron chi connectivity index (χ0n) is 13.3. The highest BCUT2D eigenvalue weighted by Crippen LogP contribution is 2.36. The monoisotopic (exact) mass is 369 g/mol. The van der Waals surface area contributed by atoms with Gasteiger partial charge in [0.2, 0.25) is 5.13 Å². The smallest absolute Gasteiger partial charge is 0.311 e. The SMILES string of the molecule is COC(=O)Cc1csc(N/N=C\c2ccc(OC)c(OC)c2Cl)n1. The number of esters is 1. The molecule has 0 saturated carbocycles. The minimum absolute atomic E-state index is 0.125. The zero-order valence-corrected chi connectivity index (χ0v) is 14.9. The van der Waals surface area contributed by atoms with Crippen molar-refractivity contribution >= 4 is 40.3 Å². The Morgan fingerprint density at radius 2 is 2.17 bits per heavy atom. The van der Waals surface area contributed by atoms with E-state index in [0.717, 1.165) is 0 Å². The summed E-state index contributed by atoms with van der Waals surface area (Å²) in [6.07, 6.45) is 1.67. The number of ether oxygens (including phenoxy) is 3. The fourth-order valence-corrected chi connectivity index (χ4v) is 2.76. The second-order valence-electron chi connectivity index (χ2n) is 4.47. The zero-order chi connectivity index (χ0) is 17.5. The molecule has 1 heterocycles. The van der Waals surface area contributed by atoms with E-state index in [4.69, 9.17) is 21.1 Å². The molecule has 0 amide bonds. The Labute approximate surface area is 148 Å². The second-order valence-corrected chi connectivity index (χ2v) is 5.71.